The molecule has 7 heteroatoms. The molecule has 0 spiro atoms. The summed E-state index contributed by atoms with van der Waals surface area (Å²) in [6.07, 6.45) is 4.07. The summed E-state index contributed by atoms with van der Waals surface area (Å²) in [5, 5.41) is 8.32. The molecule has 1 fully saturated rings. The molecule has 1 saturated heterocycles. The monoisotopic (exact) mass is 415 g/mol. The summed E-state index contributed by atoms with van der Waals surface area (Å²) in [5.74, 6) is 0.425. The van der Waals surface area contributed by atoms with E-state index in [1.165, 1.54) is 18.5 Å². The van der Waals surface area contributed by atoms with Gasteiger partial charge in [0.25, 0.3) is 5.91 Å². The number of fused-ring (bicyclic) bond motifs is 1. The second kappa shape index (κ2) is 7.58. The molecular weight excluding hydrogens is 390 g/mol. The van der Waals surface area contributed by atoms with Gasteiger partial charge < -0.3 is 14.6 Å². The summed E-state index contributed by atoms with van der Waals surface area (Å²) in [5.41, 5.74) is 5.61. The van der Waals surface area contributed by atoms with Gasteiger partial charge in [0.15, 0.2) is 11.4 Å². The number of hydrogen-bond donors (Lipinski definition) is 1. The molecule has 4 aromatic rings. The van der Waals surface area contributed by atoms with Gasteiger partial charge in [-0.25, -0.2) is 4.98 Å². The van der Waals surface area contributed by atoms with Gasteiger partial charge in [-0.1, -0.05) is 0 Å². The lowest BCUT2D eigenvalue weighted by atomic mass is 10.1. The third kappa shape index (κ3) is 3.46. The summed E-state index contributed by atoms with van der Waals surface area (Å²) >= 11 is 0. The number of nitrogens with one attached hydrogen (secondary N) is 1. The number of aryl methyl sites for hydroxylation is 3. The predicted molar refractivity (Wildman–Crippen MR) is 122 cm³/mol. The zero-order chi connectivity index (χ0) is 21.5. The first kappa shape index (κ1) is 19.4. The molecule has 0 radical (unpaired) electrons. The van der Waals surface area contributed by atoms with Crippen molar-refractivity contribution < 1.29 is 9.21 Å². The van der Waals surface area contributed by atoms with Crippen molar-refractivity contribution >= 4 is 28.3 Å². The van der Waals surface area contributed by atoms with Crippen molar-refractivity contribution in [1.29, 1.82) is 0 Å². The highest BCUT2D eigenvalue weighted by Crippen LogP contribution is 2.29. The zero-order valence-corrected chi connectivity index (χ0v) is 18.0. The van der Waals surface area contributed by atoms with E-state index in [-0.39, 0.29) is 5.91 Å². The Bertz CT molecular complexity index is 1270. The van der Waals surface area contributed by atoms with Crippen LogP contribution in [0, 0.1) is 13.8 Å². The number of furan rings is 1. The van der Waals surface area contributed by atoms with Crippen LogP contribution in [0.4, 0.5) is 11.4 Å². The molecule has 7 nitrogen and oxygen atoms in total. The zero-order valence-electron chi connectivity index (χ0n) is 18.0. The number of benzene rings is 1. The Balaban J connectivity index is 1.52. The van der Waals surface area contributed by atoms with E-state index in [2.05, 4.69) is 32.4 Å². The molecule has 4 heterocycles. The van der Waals surface area contributed by atoms with Crippen LogP contribution >= 0.6 is 0 Å². The van der Waals surface area contributed by atoms with Crippen LogP contribution in [-0.2, 0) is 7.05 Å². The standard InChI is InChI=1S/C24H25N5O2/c1-15-13-17(29-10-4-5-11-29)8-9-19(15)26-24(30)18-14-20(21-7-6-12-31-21)25-23-22(18)16(2)27-28(23)3/h6-9,12-14H,4-5,10-11H2,1-3H3,(H,26,30). The fourth-order valence-electron chi connectivity index (χ4n) is 4.32. The summed E-state index contributed by atoms with van der Waals surface area (Å²) in [6.45, 7) is 6.11. The van der Waals surface area contributed by atoms with Gasteiger partial charge in [0.05, 0.1) is 22.9 Å². The molecule has 1 amide bonds. The second-order valence-electron chi connectivity index (χ2n) is 8.09. The van der Waals surface area contributed by atoms with Crippen LogP contribution < -0.4 is 10.2 Å². The SMILES string of the molecule is Cc1cc(N2CCCC2)ccc1NC(=O)c1cc(-c2ccco2)nc2c1c(C)nn2C. The van der Waals surface area contributed by atoms with E-state index in [1.807, 2.05) is 33.0 Å². The maximum atomic E-state index is 13.4. The minimum atomic E-state index is -0.187. The van der Waals surface area contributed by atoms with Crippen LogP contribution in [-0.4, -0.2) is 33.8 Å². The lowest BCUT2D eigenvalue weighted by Crippen LogP contribution is -2.18. The number of hydrogen-bond acceptors (Lipinski definition) is 5. The predicted octanol–water partition coefficient (Wildman–Crippen LogP) is 4.70. The average molecular weight is 415 g/mol. The van der Waals surface area contributed by atoms with Crippen LogP contribution in [0.25, 0.3) is 22.5 Å². The lowest BCUT2D eigenvalue weighted by Gasteiger charge is -2.19. The van der Waals surface area contributed by atoms with Gasteiger partial charge >= 0.3 is 0 Å². The Morgan fingerprint density at radius 2 is 1.94 bits per heavy atom. The van der Waals surface area contributed by atoms with Crippen LogP contribution in [0.2, 0.25) is 0 Å². The summed E-state index contributed by atoms with van der Waals surface area (Å²) in [6, 6.07) is 11.6. The topological polar surface area (TPSA) is 76.2 Å². The van der Waals surface area contributed by atoms with Crippen molar-refractivity contribution in [3.05, 3.63) is 59.5 Å². The molecule has 0 atom stereocenters. The van der Waals surface area contributed by atoms with Crippen LogP contribution in [0.1, 0.15) is 34.5 Å². The van der Waals surface area contributed by atoms with Crippen LogP contribution in [0.3, 0.4) is 0 Å². The largest absolute Gasteiger partial charge is 0.463 e. The van der Waals surface area contributed by atoms with E-state index in [4.69, 9.17) is 4.42 Å². The van der Waals surface area contributed by atoms with Gasteiger partial charge in [-0.3, -0.25) is 9.48 Å². The summed E-state index contributed by atoms with van der Waals surface area (Å²) in [4.78, 5) is 20.5. The molecule has 158 valence electrons. The highest BCUT2D eigenvalue weighted by atomic mass is 16.3. The molecule has 5 rings (SSSR count). The minimum absolute atomic E-state index is 0.187. The van der Waals surface area contributed by atoms with Gasteiger partial charge in [0.2, 0.25) is 0 Å². The highest BCUT2D eigenvalue weighted by Gasteiger charge is 2.21. The van der Waals surface area contributed by atoms with E-state index in [1.54, 1.807) is 23.1 Å². The number of pyridine rings is 1. The minimum Gasteiger partial charge on any atom is -0.463 e. The molecule has 1 aliphatic heterocycles. The van der Waals surface area contributed by atoms with E-state index in [9.17, 15) is 4.79 Å². The fourth-order valence-corrected chi connectivity index (χ4v) is 4.32. The fraction of sp³-hybridized carbons (Fsp3) is 0.292. The van der Waals surface area contributed by atoms with E-state index >= 15 is 0 Å². The van der Waals surface area contributed by atoms with Crippen molar-refractivity contribution in [2.45, 2.75) is 26.7 Å². The quantitative estimate of drug-likeness (QED) is 0.523. The van der Waals surface area contributed by atoms with Crippen molar-refractivity contribution in [3.8, 4) is 11.5 Å². The number of nitrogens with zero attached hydrogens (tertiary/aromatic N) is 4. The third-order valence-corrected chi connectivity index (χ3v) is 5.92. The molecule has 31 heavy (non-hydrogen) atoms. The number of amides is 1. The van der Waals surface area contributed by atoms with Crippen LogP contribution in [0.15, 0.2) is 47.1 Å². The summed E-state index contributed by atoms with van der Waals surface area (Å²) in [7, 11) is 1.83. The maximum Gasteiger partial charge on any atom is 0.256 e. The normalized spacial score (nSPS) is 13.8. The number of anilines is 2. The van der Waals surface area contributed by atoms with Gasteiger partial charge in [-0.05, 0) is 68.7 Å². The number of carbonyl (C=O) groups excluding carboxylic acids is 1. The van der Waals surface area contributed by atoms with Crippen molar-refractivity contribution in [2.24, 2.45) is 7.05 Å². The molecule has 0 aliphatic carbocycles. The Morgan fingerprint density at radius 1 is 1.13 bits per heavy atom. The summed E-state index contributed by atoms with van der Waals surface area (Å²) < 4.78 is 7.22. The molecule has 0 unspecified atom stereocenters. The van der Waals surface area contributed by atoms with Gasteiger partial charge in [-0.15, -0.1) is 0 Å². The van der Waals surface area contributed by atoms with Gasteiger partial charge in [0, 0.05) is 31.5 Å². The van der Waals surface area contributed by atoms with Crippen molar-refractivity contribution in [1.82, 2.24) is 14.8 Å². The molecule has 1 aliphatic rings. The van der Waals surface area contributed by atoms with E-state index in [0.717, 1.165) is 35.4 Å². The first-order valence-electron chi connectivity index (χ1n) is 10.6. The van der Waals surface area contributed by atoms with Gasteiger partial charge in [0.1, 0.15) is 5.69 Å². The first-order chi connectivity index (χ1) is 15.0. The number of carbonyl (C=O) groups is 1. The molecular formula is C24H25N5O2. The number of aromatic nitrogens is 3. The van der Waals surface area contributed by atoms with E-state index in [0.29, 0.717) is 22.7 Å². The van der Waals surface area contributed by atoms with Crippen molar-refractivity contribution in [3.63, 3.8) is 0 Å². The Morgan fingerprint density at radius 3 is 2.65 bits per heavy atom. The Hall–Kier alpha value is -3.61. The third-order valence-electron chi connectivity index (χ3n) is 5.92. The molecule has 1 N–H and O–H groups in total. The van der Waals surface area contributed by atoms with Gasteiger partial charge in [-0.2, -0.15) is 5.10 Å². The molecule has 1 aromatic carbocycles. The smallest absolute Gasteiger partial charge is 0.256 e. The average Bonchev–Trinajstić information content (AvgIpc) is 3.52. The molecule has 0 saturated carbocycles. The van der Waals surface area contributed by atoms with Crippen LogP contribution in [0.5, 0.6) is 0 Å². The molecule has 3 aromatic heterocycles. The Labute approximate surface area is 180 Å². The number of rotatable bonds is 4. The lowest BCUT2D eigenvalue weighted by molar-refractivity contribution is 0.102. The van der Waals surface area contributed by atoms with E-state index < -0.39 is 0 Å². The van der Waals surface area contributed by atoms with Crippen molar-refractivity contribution in [2.75, 3.05) is 23.3 Å². The Kier molecular flexibility index (Phi) is 4.73. The second-order valence-corrected chi connectivity index (χ2v) is 8.09. The first-order valence-corrected chi connectivity index (χ1v) is 10.6. The highest BCUT2D eigenvalue weighted by molar-refractivity contribution is 6.13. The maximum absolute atomic E-state index is 13.4. The molecule has 0 bridgehead atoms.